The monoisotopic (exact) mass is 318 g/mol. The predicted molar refractivity (Wildman–Crippen MR) is 89.9 cm³/mol. The molecule has 0 spiro atoms. The number of nitrogens with zero attached hydrogens (tertiary/aromatic N) is 2. The minimum absolute atomic E-state index is 0.197. The molecule has 23 heavy (non-hydrogen) atoms. The minimum Gasteiger partial charge on any atom is -0.481 e. The van der Waals surface area contributed by atoms with E-state index in [9.17, 15) is 4.79 Å². The van der Waals surface area contributed by atoms with Crippen LogP contribution in [0.5, 0.6) is 0 Å². The first-order valence-electron chi connectivity index (χ1n) is 8.61. The molecule has 1 fully saturated rings. The number of anilines is 1. The van der Waals surface area contributed by atoms with Gasteiger partial charge in [0.05, 0.1) is 6.42 Å². The van der Waals surface area contributed by atoms with Crippen LogP contribution in [0, 0.1) is 0 Å². The van der Waals surface area contributed by atoms with Crippen LogP contribution in [-0.4, -0.2) is 59.7 Å². The van der Waals surface area contributed by atoms with Gasteiger partial charge in [0.25, 0.3) is 0 Å². The lowest BCUT2D eigenvalue weighted by molar-refractivity contribution is -0.136. The standard InChI is InChI=1S/C17H26N4O2/c22-16(23)5-9-18-15-7-11-21(12-15)10-6-14-4-3-13-2-1-8-19-17(13)20-14/h3-4,15,18H,1-2,5-12H2,(H,19,20)(H,22,23). The van der Waals surface area contributed by atoms with Crippen LogP contribution in [0.4, 0.5) is 5.82 Å². The zero-order valence-electron chi connectivity index (χ0n) is 13.6. The van der Waals surface area contributed by atoms with E-state index in [0.29, 0.717) is 12.6 Å². The molecular weight excluding hydrogens is 292 g/mol. The highest BCUT2D eigenvalue weighted by atomic mass is 16.4. The number of carboxylic acids is 1. The quantitative estimate of drug-likeness (QED) is 0.699. The summed E-state index contributed by atoms with van der Waals surface area (Å²) in [5, 5.41) is 15.4. The Labute approximate surface area is 137 Å². The Kier molecular flexibility index (Phi) is 5.46. The van der Waals surface area contributed by atoms with E-state index >= 15 is 0 Å². The van der Waals surface area contributed by atoms with E-state index in [0.717, 1.165) is 57.0 Å². The fraction of sp³-hybridized carbons (Fsp3) is 0.647. The third-order valence-electron chi connectivity index (χ3n) is 4.68. The molecule has 0 aromatic carbocycles. The van der Waals surface area contributed by atoms with Crippen molar-refractivity contribution in [2.45, 2.75) is 38.1 Å². The number of hydrogen-bond acceptors (Lipinski definition) is 5. The molecule has 0 amide bonds. The fourth-order valence-electron chi connectivity index (χ4n) is 3.37. The van der Waals surface area contributed by atoms with Crippen LogP contribution in [0.25, 0.3) is 0 Å². The third kappa shape index (κ3) is 4.65. The summed E-state index contributed by atoms with van der Waals surface area (Å²) in [6, 6.07) is 4.79. The normalized spacial score (nSPS) is 21.0. The van der Waals surface area contributed by atoms with Gasteiger partial charge >= 0.3 is 5.97 Å². The molecule has 0 saturated carbocycles. The topological polar surface area (TPSA) is 77.5 Å². The first kappa shape index (κ1) is 16.2. The molecule has 1 aromatic rings. The van der Waals surface area contributed by atoms with Gasteiger partial charge in [-0.15, -0.1) is 0 Å². The maximum atomic E-state index is 10.5. The first-order valence-corrected chi connectivity index (χ1v) is 8.61. The number of aliphatic carboxylic acids is 1. The Hall–Kier alpha value is -1.66. The summed E-state index contributed by atoms with van der Waals surface area (Å²) in [7, 11) is 0. The van der Waals surface area contributed by atoms with Crippen LogP contribution in [0.3, 0.4) is 0 Å². The summed E-state index contributed by atoms with van der Waals surface area (Å²) in [6.45, 7) is 4.69. The van der Waals surface area contributed by atoms with Crippen molar-refractivity contribution in [2.75, 3.05) is 38.0 Å². The number of aromatic nitrogens is 1. The maximum Gasteiger partial charge on any atom is 0.304 e. The molecular formula is C17H26N4O2. The van der Waals surface area contributed by atoms with E-state index in [1.54, 1.807) is 0 Å². The van der Waals surface area contributed by atoms with E-state index in [1.165, 1.54) is 12.0 Å². The van der Waals surface area contributed by atoms with E-state index < -0.39 is 5.97 Å². The second kappa shape index (κ2) is 7.75. The molecule has 126 valence electrons. The van der Waals surface area contributed by atoms with Gasteiger partial charge in [-0.25, -0.2) is 4.98 Å². The summed E-state index contributed by atoms with van der Waals surface area (Å²) >= 11 is 0. The molecule has 2 aliphatic rings. The predicted octanol–water partition coefficient (Wildman–Crippen LogP) is 1.12. The summed E-state index contributed by atoms with van der Waals surface area (Å²) in [5.41, 5.74) is 2.49. The molecule has 3 rings (SSSR count). The smallest absolute Gasteiger partial charge is 0.304 e. The zero-order valence-corrected chi connectivity index (χ0v) is 13.6. The van der Waals surface area contributed by atoms with Crippen molar-refractivity contribution in [1.82, 2.24) is 15.2 Å². The number of rotatable bonds is 7. The Morgan fingerprint density at radius 1 is 1.48 bits per heavy atom. The molecule has 1 unspecified atom stereocenters. The van der Waals surface area contributed by atoms with E-state index in [2.05, 4.69) is 27.7 Å². The van der Waals surface area contributed by atoms with Gasteiger partial charge in [0, 0.05) is 44.3 Å². The van der Waals surface area contributed by atoms with Crippen LogP contribution in [-0.2, 0) is 17.6 Å². The fourth-order valence-corrected chi connectivity index (χ4v) is 3.37. The summed E-state index contributed by atoms with van der Waals surface area (Å²) in [4.78, 5) is 17.7. The molecule has 0 bridgehead atoms. The number of carbonyl (C=O) groups is 1. The van der Waals surface area contributed by atoms with Crippen molar-refractivity contribution in [3.63, 3.8) is 0 Å². The summed E-state index contributed by atoms with van der Waals surface area (Å²) in [5.74, 6) is 0.336. The lowest BCUT2D eigenvalue weighted by atomic mass is 10.1. The van der Waals surface area contributed by atoms with Crippen molar-refractivity contribution in [1.29, 1.82) is 0 Å². The number of aryl methyl sites for hydroxylation is 1. The average molecular weight is 318 g/mol. The minimum atomic E-state index is -0.737. The second-order valence-corrected chi connectivity index (χ2v) is 6.47. The van der Waals surface area contributed by atoms with E-state index in [-0.39, 0.29) is 6.42 Å². The molecule has 2 aliphatic heterocycles. The number of nitrogens with one attached hydrogen (secondary N) is 2. The highest BCUT2D eigenvalue weighted by Gasteiger charge is 2.21. The third-order valence-corrected chi connectivity index (χ3v) is 4.68. The van der Waals surface area contributed by atoms with Crippen LogP contribution in [0.1, 0.15) is 30.5 Å². The van der Waals surface area contributed by atoms with Crippen molar-refractivity contribution in [3.8, 4) is 0 Å². The van der Waals surface area contributed by atoms with Crippen molar-refractivity contribution < 1.29 is 9.90 Å². The molecule has 1 saturated heterocycles. The molecule has 1 aromatic heterocycles. The Balaban J connectivity index is 1.42. The SMILES string of the molecule is O=C(O)CCNC1CCN(CCc2ccc3c(n2)NCCC3)C1. The Morgan fingerprint density at radius 2 is 2.39 bits per heavy atom. The van der Waals surface area contributed by atoms with Crippen LogP contribution in [0.2, 0.25) is 0 Å². The van der Waals surface area contributed by atoms with Gasteiger partial charge in [-0.2, -0.15) is 0 Å². The van der Waals surface area contributed by atoms with Gasteiger partial charge in [-0.05, 0) is 37.4 Å². The van der Waals surface area contributed by atoms with Crippen LogP contribution in [0.15, 0.2) is 12.1 Å². The van der Waals surface area contributed by atoms with Crippen LogP contribution >= 0.6 is 0 Å². The summed E-state index contributed by atoms with van der Waals surface area (Å²) < 4.78 is 0. The van der Waals surface area contributed by atoms with E-state index in [4.69, 9.17) is 10.1 Å². The number of carboxylic acid groups (broad SMARTS) is 1. The van der Waals surface area contributed by atoms with Gasteiger partial charge in [0.15, 0.2) is 0 Å². The van der Waals surface area contributed by atoms with Crippen molar-refractivity contribution in [3.05, 3.63) is 23.4 Å². The molecule has 3 heterocycles. The Bertz CT molecular complexity index is 549. The molecule has 1 atom stereocenters. The highest BCUT2D eigenvalue weighted by Crippen LogP contribution is 2.20. The average Bonchev–Trinajstić information content (AvgIpc) is 3.00. The summed E-state index contributed by atoms with van der Waals surface area (Å²) in [6.07, 6.45) is 4.58. The number of likely N-dealkylation sites (tertiary alicyclic amines) is 1. The van der Waals surface area contributed by atoms with E-state index in [1.807, 2.05) is 0 Å². The van der Waals surface area contributed by atoms with Gasteiger partial charge in [-0.3, -0.25) is 4.79 Å². The molecule has 0 aliphatic carbocycles. The lowest BCUT2D eigenvalue weighted by Crippen LogP contribution is -2.34. The molecule has 3 N–H and O–H groups in total. The second-order valence-electron chi connectivity index (χ2n) is 6.47. The number of pyridine rings is 1. The number of hydrogen-bond donors (Lipinski definition) is 3. The largest absolute Gasteiger partial charge is 0.481 e. The molecule has 6 heteroatoms. The van der Waals surface area contributed by atoms with Gasteiger partial charge in [-0.1, -0.05) is 6.07 Å². The van der Waals surface area contributed by atoms with Crippen molar-refractivity contribution in [2.24, 2.45) is 0 Å². The van der Waals surface area contributed by atoms with Gasteiger partial charge in [0.1, 0.15) is 5.82 Å². The lowest BCUT2D eigenvalue weighted by Gasteiger charge is -2.19. The molecule has 6 nitrogen and oxygen atoms in total. The van der Waals surface area contributed by atoms with Gasteiger partial charge < -0.3 is 20.6 Å². The zero-order chi connectivity index (χ0) is 16.1. The maximum absolute atomic E-state index is 10.5. The Morgan fingerprint density at radius 3 is 3.26 bits per heavy atom. The first-order chi connectivity index (χ1) is 11.2. The molecule has 0 radical (unpaired) electrons. The van der Waals surface area contributed by atoms with Gasteiger partial charge in [0.2, 0.25) is 0 Å². The highest BCUT2D eigenvalue weighted by molar-refractivity contribution is 5.66. The van der Waals surface area contributed by atoms with Crippen molar-refractivity contribution >= 4 is 11.8 Å². The van der Waals surface area contributed by atoms with Crippen LogP contribution < -0.4 is 10.6 Å². The number of fused-ring (bicyclic) bond motifs is 1.